The molecule has 33 heavy (non-hydrogen) atoms. The van der Waals surface area contributed by atoms with E-state index in [4.69, 9.17) is 4.74 Å². The van der Waals surface area contributed by atoms with Gasteiger partial charge in [0.05, 0.1) is 18.9 Å². The fourth-order valence-electron chi connectivity index (χ4n) is 4.54. The van der Waals surface area contributed by atoms with Crippen LogP contribution in [0.5, 0.6) is 5.75 Å². The third-order valence-electron chi connectivity index (χ3n) is 6.32. The molecular weight excluding hydrogens is 432 g/mol. The molecule has 1 aromatic heterocycles. The highest BCUT2D eigenvalue weighted by molar-refractivity contribution is 7.99. The molecule has 0 bridgehead atoms. The Bertz CT molecular complexity index is 1070. The molecule has 0 spiro atoms. The van der Waals surface area contributed by atoms with Crippen LogP contribution >= 0.6 is 11.8 Å². The zero-order valence-electron chi connectivity index (χ0n) is 19.6. The zero-order valence-corrected chi connectivity index (χ0v) is 20.4. The van der Waals surface area contributed by atoms with Gasteiger partial charge in [-0.1, -0.05) is 55.3 Å². The fraction of sp³-hybridized carbons (Fsp3) is 0.423. The summed E-state index contributed by atoms with van der Waals surface area (Å²) in [4.78, 5) is 12.7. The smallest absolute Gasteiger partial charge is 0.230 e. The van der Waals surface area contributed by atoms with E-state index in [1.165, 1.54) is 36.6 Å². The van der Waals surface area contributed by atoms with Crippen molar-refractivity contribution in [3.8, 4) is 17.1 Å². The molecule has 174 valence electrons. The summed E-state index contributed by atoms with van der Waals surface area (Å²) < 4.78 is 7.55. The molecule has 1 saturated carbocycles. The van der Waals surface area contributed by atoms with Gasteiger partial charge >= 0.3 is 0 Å². The first-order valence-corrected chi connectivity index (χ1v) is 12.6. The summed E-state index contributed by atoms with van der Waals surface area (Å²) in [6.07, 6.45) is 5.93. The number of rotatable bonds is 8. The lowest BCUT2D eigenvalue weighted by molar-refractivity contribution is -0.119. The minimum Gasteiger partial charge on any atom is -0.497 e. The predicted molar refractivity (Wildman–Crippen MR) is 133 cm³/mol. The van der Waals surface area contributed by atoms with E-state index in [0.29, 0.717) is 11.8 Å². The molecule has 1 amide bonds. The van der Waals surface area contributed by atoms with Gasteiger partial charge in [0.15, 0.2) is 11.0 Å². The van der Waals surface area contributed by atoms with Crippen molar-refractivity contribution >= 4 is 17.7 Å². The average molecular weight is 465 g/mol. The van der Waals surface area contributed by atoms with E-state index in [-0.39, 0.29) is 11.9 Å². The number of thioether (sulfide) groups is 1. The van der Waals surface area contributed by atoms with E-state index >= 15 is 0 Å². The standard InChI is InChI=1S/C26H32N4O2S/c1-18-9-7-8-12-23(18)19(2)27-24(31)17-33-26-29-28-25(20-13-15-22(32-3)16-14-20)30(26)21-10-5-4-6-11-21/h7-9,12-16,19,21H,4-6,10-11,17H2,1-3H3,(H,27,31). The van der Waals surface area contributed by atoms with Crippen molar-refractivity contribution < 1.29 is 9.53 Å². The number of hydrogen-bond donors (Lipinski definition) is 1. The van der Waals surface area contributed by atoms with Crippen molar-refractivity contribution in [2.24, 2.45) is 0 Å². The van der Waals surface area contributed by atoms with Crippen LogP contribution in [0.2, 0.25) is 0 Å². The summed E-state index contributed by atoms with van der Waals surface area (Å²) in [5.41, 5.74) is 3.33. The molecule has 4 rings (SSSR count). The minimum atomic E-state index is -0.0367. The van der Waals surface area contributed by atoms with Crippen LogP contribution in [-0.4, -0.2) is 33.5 Å². The second-order valence-corrected chi connectivity index (χ2v) is 9.57. The van der Waals surface area contributed by atoms with E-state index in [1.807, 2.05) is 43.3 Å². The molecule has 1 N–H and O–H groups in total. The number of methoxy groups -OCH3 is 1. The summed E-state index contributed by atoms with van der Waals surface area (Å²) in [6.45, 7) is 4.09. The summed E-state index contributed by atoms with van der Waals surface area (Å²) in [5.74, 6) is 1.99. The second kappa shape index (κ2) is 10.9. The fourth-order valence-corrected chi connectivity index (χ4v) is 5.36. The first-order valence-electron chi connectivity index (χ1n) is 11.6. The Morgan fingerprint density at radius 1 is 1.12 bits per heavy atom. The van der Waals surface area contributed by atoms with Crippen molar-refractivity contribution in [3.63, 3.8) is 0 Å². The van der Waals surface area contributed by atoms with Crippen LogP contribution in [0.4, 0.5) is 0 Å². The minimum absolute atomic E-state index is 0.0000512. The lowest BCUT2D eigenvalue weighted by Crippen LogP contribution is -2.28. The SMILES string of the molecule is COc1ccc(-c2nnc(SCC(=O)NC(C)c3ccccc3C)n2C2CCCCC2)cc1. The Morgan fingerprint density at radius 3 is 2.55 bits per heavy atom. The first-order chi connectivity index (χ1) is 16.1. The van der Waals surface area contributed by atoms with Crippen molar-refractivity contribution in [2.45, 2.75) is 63.2 Å². The van der Waals surface area contributed by atoms with Gasteiger partial charge in [0, 0.05) is 11.6 Å². The number of carbonyl (C=O) groups excluding carboxylic acids is 1. The zero-order chi connectivity index (χ0) is 23.2. The van der Waals surface area contributed by atoms with Crippen LogP contribution in [-0.2, 0) is 4.79 Å². The molecule has 2 aromatic carbocycles. The molecular formula is C26H32N4O2S. The van der Waals surface area contributed by atoms with Crippen LogP contribution < -0.4 is 10.1 Å². The number of carbonyl (C=O) groups is 1. The maximum atomic E-state index is 12.7. The number of hydrogen-bond acceptors (Lipinski definition) is 5. The van der Waals surface area contributed by atoms with Crippen LogP contribution in [0.3, 0.4) is 0 Å². The van der Waals surface area contributed by atoms with E-state index in [0.717, 1.165) is 40.7 Å². The van der Waals surface area contributed by atoms with Gasteiger partial charge in [-0.05, 0) is 62.1 Å². The van der Waals surface area contributed by atoms with E-state index in [9.17, 15) is 4.79 Å². The molecule has 1 atom stereocenters. The van der Waals surface area contributed by atoms with Crippen LogP contribution in [0.1, 0.15) is 62.2 Å². The molecule has 1 fully saturated rings. The van der Waals surface area contributed by atoms with Gasteiger partial charge < -0.3 is 10.1 Å². The van der Waals surface area contributed by atoms with Gasteiger partial charge in [-0.2, -0.15) is 0 Å². The Kier molecular flexibility index (Phi) is 7.70. The maximum absolute atomic E-state index is 12.7. The Labute approximate surface area is 200 Å². The van der Waals surface area contributed by atoms with Crippen molar-refractivity contribution in [1.29, 1.82) is 0 Å². The van der Waals surface area contributed by atoms with E-state index < -0.39 is 0 Å². The molecule has 3 aromatic rings. The third-order valence-corrected chi connectivity index (χ3v) is 7.26. The van der Waals surface area contributed by atoms with Gasteiger partial charge in [-0.25, -0.2) is 0 Å². The lowest BCUT2D eigenvalue weighted by atomic mass is 9.95. The van der Waals surface area contributed by atoms with Gasteiger partial charge in [0.2, 0.25) is 5.91 Å². The topological polar surface area (TPSA) is 69.0 Å². The monoisotopic (exact) mass is 464 g/mol. The normalized spacial score (nSPS) is 15.2. The largest absolute Gasteiger partial charge is 0.497 e. The Morgan fingerprint density at radius 2 is 1.85 bits per heavy atom. The van der Waals surface area contributed by atoms with Gasteiger partial charge in [-0.15, -0.1) is 10.2 Å². The number of benzene rings is 2. The maximum Gasteiger partial charge on any atom is 0.230 e. The number of nitrogens with one attached hydrogen (secondary N) is 1. The van der Waals surface area contributed by atoms with Gasteiger partial charge in [-0.3, -0.25) is 9.36 Å². The summed E-state index contributed by atoms with van der Waals surface area (Å²) in [5, 5.41) is 13.0. The molecule has 0 radical (unpaired) electrons. The third kappa shape index (κ3) is 5.58. The highest BCUT2D eigenvalue weighted by atomic mass is 32.2. The number of amides is 1. The van der Waals surface area contributed by atoms with Crippen molar-refractivity contribution in [2.75, 3.05) is 12.9 Å². The number of aryl methyl sites for hydroxylation is 1. The summed E-state index contributed by atoms with van der Waals surface area (Å²) in [7, 11) is 1.67. The Hall–Kier alpha value is -2.80. The van der Waals surface area contributed by atoms with Gasteiger partial charge in [0.25, 0.3) is 0 Å². The number of aromatic nitrogens is 3. The summed E-state index contributed by atoms with van der Waals surface area (Å²) >= 11 is 1.47. The van der Waals surface area contributed by atoms with Crippen LogP contribution in [0, 0.1) is 6.92 Å². The van der Waals surface area contributed by atoms with Crippen molar-refractivity contribution in [1.82, 2.24) is 20.1 Å². The molecule has 1 aliphatic rings. The van der Waals surface area contributed by atoms with Crippen LogP contribution in [0.15, 0.2) is 53.7 Å². The van der Waals surface area contributed by atoms with E-state index in [2.05, 4.69) is 39.1 Å². The number of ether oxygens (including phenoxy) is 1. The highest BCUT2D eigenvalue weighted by Gasteiger charge is 2.24. The average Bonchev–Trinajstić information content (AvgIpc) is 3.27. The molecule has 6 nitrogen and oxygen atoms in total. The number of nitrogens with zero attached hydrogens (tertiary/aromatic N) is 3. The predicted octanol–water partition coefficient (Wildman–Crippen LogP) is 5.74. The molecule has 0 aliphatic heterocycles. The molecule has 1 aliphatic carbocycles. The molecule has 0 saturated heterocycles. The first kappa shape index (κ1) is 23.4. The van der Waals surface area contributed by atoms with Gasteiger partial charge in [0.1, 0.15) is 5.75 Å². The molecule has 1 heterocycles. The van der Waals surface area contributed by atoms with Crippen LogP contribution in [0.25, 0.3) is 11.4 Å². The quantitative estimate of drug-likeness (QED) is 0.431. The van der Waals surface area contributed by atoms with E-state index in [1.54, 1.807) is 7.11 Å². The summed E-state index contributed by atoms with van der Waals surface area (Å²) in [6, 6.07) is 16.4. The molecule has 7 heteroatoms. The lowest BCUT2D eigenvalue weighted by Gasteiger charge is -2.25. The second-order valence-electron chi connectivity index (χ2n) is 8.63. The Balaban J connectivity index is 1.50. The molecule has 1 unspecified atom stereocenters. The van der Waals surface area contributed by atoms with Crippen molar-refractivity contribution in [3.05, 3.63) is 59.7 Å². The highest BCUT2D eigenvalue weighted by Crippen LogP contribution is 2.36.